The molecule has 1 aromatic carbocycles. The van der Waals surface area contributed by atoms with E-state index in [1.54, 1.807) is 13.8 Å². The molecule has 0 radical (unpaired) electrons. The Labute approximate surface area is 160 Å². The second kappa shape index (κ2) is 9.17. The van der Waals surface area contributed by atoms with Gasteiger partial charge in [-0.2, -0.15) is 4.37 Å². The standard InChI is InChI=1S/C17H18Cl2N2O3S/c1-10(2)14(24-17(23)13-12(18)15(19)25-21-13)16(22)20-9-8-11-6-4-3-5-7-11/h3-7,10,14H,8-9H2,1-2H3,(H,20,22)/t14-/m1/s1. The van der Waals surface area contributed by atoms with Gasteiger partial charge in [0.2, 0.25) is 0 Å². The summed E-state index contributed by atoms with van der Waals surface area (Å²) in [6.45, 7) is 4.04. The Morgan fingerprint density at radius 3 is 2.48 bits per heavy atom. The van der Waals surface area contributed by atoms with Crippen molar-refractivity contribution in [3.63, 3.8) is 0 Å². The molecule has 1 atom stereocenters. The van der Waals surface area contributed by atoms with Crippen molar-refractivity contribution in [1.29, 1.82) is 0 Å². The normalized spacial score (nSPS) is 12.0. The van der Waals surface area contributed by atoms with Crippen molar-refractivity contribution in [3.8, 4) is 0 Å². The summed E-state index contributed by atoms with van der Waals surface area (Å²) in [6.07, 6.45) is -0.237. The van der Waals surface area contributed by atoms with Crippen molar-refractivity contribution in [3.05, 3.63) is 50.9 Å². The maximum atomic E-state index is 12.4. The second-order valence-corrected chi connectivity index (χ2v) is 7.47. The monoisotopic (exact) mass is 400 g/mol. The van der Waals surface area contributed by atoms with Gasteiger partial charge >= 0.3 is 5.97 Å². The summed E-state index contributed by atoms with van der Waals surface area (Å²) in [5.41, 5.74) is 1.05. The van der Waals surface area contributed by atoms with Gasteiger partial charge < -0.3 is 10.1 Å². The van der Waals surface area contributed by atoms with Gasteiger partial charge in [-0.15, -0.1) is 0 Å². The molecular formula is C17H18Cl2N2O3S. The lowest BCUT2D eigenvalue weighted by Gasteiger charge is -2.20. The molecule has 134 valence electrons. The van der Waals surface area contributed by atoms with Crippen LogP contribution in [0.5, 0.6) is 0 Å². The number of ether oxygens (including phenoxy) is 1. The van der Waals surface area contributed by atoms with E-state index in [9.17, 15) is 9.59 Å². The molecule has 2 rings (SSSR count). The van der Waals surface area contributed by atoms with Gasteiger partial charge in [-0.1, -0.05) is 67.4 Å². The summed E-state index contributed by atoms with van der Waals surface area (Å²) in [4.78, 5) is 24.6. The van der Waals surface area contributed by atoms with Crippen molar-refractivity contribution < 1.29 is 14.3 Å². The van der Waals surface area contributed by atoms with Crippen molar-refractivity contribution >= 4 is 46.6 Å². The Balaban J connectivity index is 1.94. The van der Waals surface area contributed by atoms with E-state index in [0.29, 0.717) is 13.0 Å². The zero-order chi connectivity index (χ0) is 18.4. The Kier molecular flexibility index (Phi) is 7.23. The molecule has 0 spiro atoms. The van der Waals surface area contributed by atoms with Crippen LogP contribution in [0.25, 0.3) is 0 Å². The number of nitrogens with zero attached hydrogens (tertiary/aromatic N) is 1. The largest absolute Gasteiger partial charge is 0.447 e. The number of carbonyl (C=O) groups is 2. The van der Waals surface area contributed by atoms with Crippen molar-refractivity contribution in [2.45, 2.75) is 26.4 Å². The summed E-state index contributed by atoms with van der Waals surface area (Å²) < 4.78 is 9.38. The molecule has 0 fully saturated rings. The number of aromatic nitrogens is 1. The first kappa shape index (κ1) is 19.7. The number of benzene rings is 1. The smallest absolute Gasteiger partial charge is 0.360 e. The highest BCUT2D eigenvalue weighted by molar-refractivity contribution is 7.11. The molecule has 1 heterocycles. The lowest BCUT2D eigenvalue weighted by molar-refractivity contribution is -0.132. The molecule has 0 unspecified atom stereocenters. The highest BCUT2D eigenvalue weighted by Gasteiger charge is 2.29. The average molecular weight is 401 g/mol. The van der Waals surface area contributed by atoms with Gasteiger partial charge in [0.25, 0.3) is 5.91 Å². The van der Waals surface area contributed by atoms with E-state index in [-0.39, 0.29) is 26.9 Å². The van der Waals surface area contributed by atoms with Gasteiger partial charge in [-0.3, -0.25) is 4.79 Å². The van der Waals surface area contributed by atoms with Crippen LogP contribution in [0.3, 0.4) is 0 Å². The lowest BCUT2D eigenvalue weighted by Crippen LogP contribution is -2.41. The molecule has 1 aromatic heterocycles. The van der Waals surface area contributed by atoms with Crippen LogP contribution in [-0.4, -0.2) is 28.9 Å². The Bertz CT molecular complexity index is 735. The molecule has 0 saturated heterocycles. The molecule has 2 aromatic rings. The van der Waals surface area contributed by atoms with Crippen LogP contribution in [0, 0.1) is 5.92 Å². The summed E-state index contributed by atoms with van der Waals surface area (Å²) in [7, 11) is 0. The average Bonchev–Trinajstić information content (AvgIpc) is 2.92. The summed E-state index contributed by atoms with van der Waals surface area (Å²) in [5.74, 6) is -1.31. The highest BCUT2D eigenvalue weighted by Crippen LogP contribution is 2.30. The molecule has 1 amide bonds. The summed E-state index contributed by atoms with van der Waals surface area (Å²) in [5, 5.41) is 2.84. The molecular weight excluding hydrogens is 383 g/mol. The van der Waals surface area contributed by atoms with Gasteiger partial charge in [0.1, 0.15) is 9.36 Å². The van der Waals surface area contributed by atoms with Crippen LogP contribution >= 0.6 is 34.7 Å². The van der Waals surface area contributed by atoms with Gasteiger partial charge in [0, 0.05) is 6.54 Å². The van der Waals surface area contributed by atoms with E-state index in [0.717, 1.165) is 17.1 Å². The van der Waals surface area contributed by atoms with Crippen LogP contribution in [-0.2, 0) is 16.0 Å². The SMILES string of the molecule is CC(C)[C@@H](OC(=O)c1nsc(Cl)c1Cl)C(=O)NCCc1ccccc1. The molecule has 1 N–H and O–H groups in total. The van der Waals surface area contributed by atoms with Gasteiger partial charge in [-0.25, -0.2) is 4.79 Å². The first-order valence-corrected chi connectivity index (χ1v) is 9.26. The number of nitrogens with one attached hydrogen (secondary N) is 1. The number of carbonyl (C=O) groups excluding carboxylic acids is 2. The Morgan fingerprint density at radius 2 is 1.92 bits per heavy atom. The van der Waals surface area contributed by atoms with E-state index in [4.69, 9.17) is 27.9 Å². The number of hydrogen-bond donors (Lipinski definition) is 1. The number of esters is 1. The molecule has 0 aliphatic carbocycles. The third kappa shape index (κ3) is 5.42. The fourth-order valence-electron chi connectivity index (χ4n) is 2.12. The van der Waals surface area contributed by atoms with Crippen LogP contribution in [0.1, 0.15) is 29.9 Å². The highest BCUT2D eigenvalue weighted by atomic mass is 35.5. The number of amides is 1. The van der Waals surface area contributed by atoms with Crippen molar-refractivity contribution in [1.82, 2.24) is 9.69 Å². The van der Waals surface area contributed by atoms with Gasteiger partial charge in [0.15, 0.2) is 11.8 Å². The molecule has 25 heavy (non-hydrogen) atoms. The number of rotatable bonds is 7. The van der Waals surface area contributed by atoms with Crippen molar-refractivity contribution in [2.24, 2.45) is 5.92 Å². The molecule has 0 bridgehead atoms. The van der Waals surface area contributed by atoms with E-state index in [1.165, 1.54) is 0 Å². The Hall–Kier alpha value is -1.63. The first-order chi connectivity index (χ1) is 11.9. The van der Waals surface area contributed by atoms with Crippen LogP contribution < -0.4 is 5.32 Å². The zero-order valence-electron chi connectivity index (χ0n) is 13.8. The van der Waals surface area contributed by atoms with Crippen LogP contribution in [0.2, 0.25) is 9.36 Å². The minimum Gasteiger partial charge on any atom is -0.447 e. The van der Waals surface area contributed by atoms with Crippen LogP contribution in [0.15, 0.2) is 30.3 Å². The molecule has 8 heteroatoms. The van der Waals surface area contributed by atoms with Gasteiger partial charge in [0.05, 0.1) is 0 Å². The zero-order valence-corrected chi connectivity index (χ0v) is 16.1. The van der Waals surface area contributed by atoms with Gasteiger partial charge in [-0.05, 0) is 29.4 Å². The maximum Gasteiger partial charge on any atom is 0.360 e. The number of halogens is 2. The quantitative estimate of drug-likeness (QED) is 0.713. The summed E-state index contributed by atoms with van der Waals surface area (Å²) >= 11 is 12.6. The first-order valence-electron chi connectivity index (χ1n) is 7.73. The second-order valence-electron chi connectivity index (χ2n) is 5.72. The van der Waals surface area contributed by atoms with Crippen molar-refractivity contribution in [2.75, 3.05) is 6.54 Å². The maximum absolute atomic E-state index is 12.4. The lowest BCUT2D eigenvalue weighted by atomic mass is 10.1. The molecule has 0 aliphatic heterocycles. The Morgan fingerprint density at radius 1 is 1.24 bits per heavy atom. The molecule has 5 nitrogen and oxygen atoms in total. The number of hydrogen-bond acceptors (Lipinski definition) is 5. The molecule has 0 saturated carbocycles. The predicted molar refractivity (Wildman–Crippen MR) is 99.3 cm³/mol. The van der Waals surface area contributed by atoms with E-state index in [1.807, 2.05) is 30.3 Å². The minimum atomic E-state index is -0.931. The van der Waals surface area contributed by atoms with E-state index in [2.05, 4.69) is 9.69 Å². The van der Waals surface area contributed by atoms with E-state index < -0.39 is 12.1 Å². The summed E-state index contributed by atoms with van der Waals surface area (Å²) in [6, 6.07) is 9.80. The third-order valence-corrected chi connectivity index (χ3v) is 5.06. The predicted octanol–water partition coefficient (Wildman–Crippen LogP) is 3.99. The topological polar surface area (TPSA) is 68.3 Å². The van der Waals surface area contributed by atoms with Crippen LogP contribution in [0.4, 0.5) is 0 Å². The van der Waals surface area contributed by atoms with E-state index >= 15 is 0 Å². The minimum absolute atomic E-state index is 0.0451. The fraction of sp³-hybridized carbons (Fsp3) is 0.353. The third-order valence-electron chi connectivity index (χ3n) is 3.44. The fourth-order valence-corrected chi connectivity index (χ4v) is 3.10. The molecule has 0 aliphatic rings.